The van der Waals surface area contributed by atoms with Gasteiger partial charge in [0.15, 0.2) is 0 Å². The van der Waals surface area contributed by atoms with E-state index in [4.69, 9.17) is 4.74 Å². The Bertz CT molecular complexity index is 856. The minimum Gasteiger partial charge on any atom is -0.444 e. The minimum atomic E-state index is -4.79. The molecule has 0 aliphatic heterocycles. The van der Waals surface area contributed by atoms with Gasteiger partial charge >= 0.3 is 12.5 Å². The molecule has 0 saturated heterocycles. The van der Waals surface area contributed by atoms with Gasteiger partial charge in [-0.3, -0.25) is 4.57 Å². The zero-order valence-electron chi connectivity index (χ0n) is 12.3. The smallest absolute Gasteiger partial charge is 0.444 e. The highest BCUT2D eigenvalue weighted by atomic mass is 19.4. The minimum absolute atomic E-state index is 0.0675. The standard InChI is InChI=1S/C17H12F3NO3/c18-17(19,20)24-14-7-6-13-8-9-21(15(13)10-14)16(22)23-11-12-4-2-1-3-5-12/h1-10H,11H2. The normalized spacial score (nSPS) is 11.5. The summed E-state index contributed by atoms with van der Waals surface area (Å²) in [4.78, 5) is 12.2. The van der Waals surface area contributed by atoms with Crippen molar-refractivity contribution in [2.75, 3.05) is 0 Å². The van der Waals surface area contributed by atoms with E-state index < -0.39 is 18.2 Å². The van der Waals surface area contributed by atoms with Crippen LogP contribution in [0.15, 0.2) is 60.8 Å². The molecule has 0 fully saturated rings. The second-order valence-electron chi connectivity index (χ2n) is 4.99. The van der Waals surface area contributed by atoms with Crippen LogP contribution >= 0.6 is 0 Å². The summed E-state index contributed by atoms with van der Waals surface area (Å²) in [7, 11) is 0. The van der Waals surface area contributed by atoms with Gasteiger partial charge in [0, 0.05) is 17.6 Å². The molecule has 0 spiro atoms. The van der Waals surface area contributed by atoms with Crippen molar-refractivity contribution < 1.29 is 27.4 Å². The fourth-order valence-electron chi connectivity index (χ4n) is 2.25. The third kappa shape index (κ3) is 3.68. The fourth-order valence-corrected chi connectivity index (χ4v) is 2.25. The van der Waals surface area contributed by atoms with Crippen molar-refractivity contribution in [2.45, 2.75) is 13.0 Å². The van der Waals surface area contributed by atoms with E-state index in [2.05, 4.69) is 4.74 Å². The molecule has 0 atom stereocenters. The van der Waals surface area contributed by atoms with Crippen LogP contribution in [0.2, 0.25) is 0 Å². The highest BCUT2D eigenvalue weighted by molar-refractivity contribution is 5.90. The molecule has 0 N–H and O–H groups in total. The van der Waals surface area contributed by atoms with Gasteiger partial charge in [0.1, 0.15) is 12.4 Å². The Hall–Kier alpha value is -2.96. The van der Waals surface area contributed by atoms with Gasteiger partial charge in [-0.2, -0.15) is 0 Å². The molecule has 3 rings (SSSR count). The van der Waals surface area contributed by atoms with E-state index in [1.807, 2.05) is 18.2 Å². The highest BCUT2D eigenvalue weighted by Gasteiger charge is 2.31. The molecule has 24 heavy (non-hydrogen) atoms. The summed E-state index contributed by atoms with van der Waals surface area (Å²) in [5.74, 6) is -0.397. The van der Waals surface area contributed by atoms with Gasteiger partial charge in [-0.1, -0.05) is 30.3 Å². The van der Waals surface area contributed by atoms with Crippen molar-refractivity contribution in [1.29, 1.82) is 0 Å². The number of rotatable bonds is 3. The molecule has 3 aromatic rings. The van der Waals surface area contributed by atoms with E-state index >= 15 is 0 Å². The topological polar surface area (TPSA) is 40.5 Å². The number of nitrogens with zero attached hydrogens (tertiary/aromatic N) is 1. The van der Waals surface area contributed by atoms with Gasteiger partial charge < -0.3 is 9.47 Å². The molecule has 1 heterocycles. The van der Waals surface area contributed by atoms with Gasteiger partial charge in [0.25, 0.3) is 0 Å². The number of carbonyl (C=O) groups excluding carboxylic acids is 1. The molecule has 0 radical (unpaired) electrons. The summed E-state index contributed by atoms with van der Waals surface area (Å²) < 4.78 is 47.1. The number of hydrogen-bond acceptors (Lipinski definition) is 3. The van der Waals surface area contributed by atoms with E-state index in [-0.39, 0.29) is 12.1 Å². The third-order valence-corrected chi connectivity index (χ3v) is 3.30. The number of carbonyl (C=O) groups is 1. The van der Waals surface area contributed by atoms with Crippen LogP contribution in [0, 0.1) is 0 Å². The molecule has 0 aliphatic rings. The maximum Gasteiger partial charge on any atom is 0.573 e. The number of alkyl halides is 3. The van der Waals surface area contributed by atoms with Gasteiger partial charge in [-0.05, 0) is 23.8 Å². The first-order chi connectivity index (χ1) is 11.4. The number of fused-ring (bicyclic) bond motifs is 1. The molecule has 0 amide bonds. The first-order valence-electron chi connectivity index (χ1n) is 7.00. The molecule has 4 nitrogen and oxygen atoms in total. The Labute approximate surface area is 135 Å². The lowest BCUT2D eigenvalue weighted by Crippen LogP contribution is -2.17. The van der Waals surface area contributed by atoms with Gasteiger partial charge in [-0.25, -0.2) is 4.79 Å². The van der Waals surface area contributed by atoms with Crippen LogP contribution in [0.4, 0.5) is 18.0 Å². The van der Waals surface area contributed by atoms with E-state index in [0.29, 0.717) is 5.39 Å². The van der Waals surface area contributed by atoms with Crippen molar-refractivity contribution in [3.63, 3.8) is 0 Å². The van der Waals surface area contributed by atoms with Crippen molar-refractivity contribution >= 4 is 17.0 Å². The van der Waals surface area contributed by atoms with Crippen LogP contribution < -0.4 is 4.74 Å². The maximum atomic E-state index is 12.3. The lowest BCUT2D eigenvalue weighted by Gasteiger charge is -2.10. The summed E-state index contributed by atoms with van der Waals surface area (Å²) in [6.07, 6.45) is -4.04. The van der Waals surface area contributed by atoms with Crippen molar-refractivity contribution in [3.8, 4) is 5.75 Å². The van der Waals surface area contributed by atoms with Crippen LogP contribution in [0.25, 0.3) is 10.9 Å². The molecule has 124 valence electrons. The van der Waals surface area contributed by atoms with Crippen LogP contribution in [0.3, 0.4) is 0 Å². The Morgan fingerprint density at radius 1 is 1.04 bits per heavy atom. The van der Waals surface area contributed by atoms with Crippen LogP contribution in [-0.4, -0.2) is 17.0 Å². The SMILES string of the molecule is O=C(OCc1ccccc1)n1ccc2ccc(OC(F)(F)F)cc21. The molecule has 0 bridgehead atoms. The predicted octanol–water partition coefficient (Wildman–Crippen LogP) is 4.72. The molecular formula is C17H12F3NO3. The summed E-state index contributed by atoms with van der Waals surface area (Å²) in [5, 5.41) is 0.598. The summed E-state index contributed by atoms with van der Waals surface area (Å²) in [6, 6.07) is 14.5. The second kappa shape index (κ2) is 6.27. The van der Waals surface area contributed by atoms with E-state index in [9.17, 15) is 18.0 Å². The molecule has 0 aliphatic carbocycles. The third-order valence-electron chi connectivity index (χ3n) is 3.30. The molecular weight excluding hydrogens is 323 g/mol. The molecule has 0 unspecified atom stereocenters. The summed E-state index contributed by atoms with van der Waals surface area (Å²) in [5.41, 5.74) is 1.08. The quantitative estimate of drug-likeness (QED) is 0.695. The highest BCUT2D eigenvalue weighted by Crippen LogP contribution is 2.27. The zero-order valence-corrected chi connectivity index (χ0v) is 12.3. The average molecular weight is 335 g/mol. The van der Waals surface area contributed by atoms with Crippen LogP contribution in [0.1, 0.15) is 5.56 Å². The largest absolute Gasteiger partial charge is 0.573 e. The zero-order chi connectivity index (χ0) is 17.2. The van der Waals surface area contributed by atoms with Crippen molar-refractivity contribution in [2.24, 2.45) is 0 Å². The van der Waals surface area contributed by atoms with E-state index in [0.717, 1.165) is 16.2 Å². The van der Waals surface area contributed by atoms with Crippen molar-refractivity contribution in [1.82, 2.24) is 4.57 Å². The van der Waals surface area contributed by atoms with E-state index in [1.54, 1.807) is 18.2 Å². The Balaban J connectivity index is 1.80. The maximum absolute atomic E-state index is 12.3. The Morgan fingerprint density at radius 3 is 2.50 bits per heavy atom. The van der Waals surface area contributed by atoms with Gasteiger partial charge in [0.05, 0.1) is 5.52 Å². The Kier molecular flexibility index (Phi) is 4.16. The molecule has 0 saturated carbocycles. The number of halogens is 3. The second-order valence-corrected chi connectivity index (χ2v) is 4.99. The first kappa shape index (κ1) is 15.9. The summed E-state index contributed by atoms with van der Waals surface area (Å²) in [6.45, 7) is 0.0675. The molecule has 1 aromatic heterocycles. The lowest BCUT2D eigenvalue weighted by atomic mass is 10.2. The van der Waals surface area contributed by atoms with Gasteiger partial charge in [-0.15, -0.1) is 13.2 Å². The summed E-state index contributed by atoms with van der Waals surface area (Å²) >= 11 is 0. The predicted molar refractivity (Wildman–Crippen MR) is 80.6 cm³/mol. The molecule has 7 heteroatoms. The lowest BCUT2D eigenvalue weighted by molar-refractivity contribution is -0.274. The molecule has 2 aromatic carbocycles. The monoisotopic (exact) mass is 335 g/mol. The van der Waals surface area contributed by atoms with Gasteiger partial charge in [0.2, 0.25) is 0 Å². The van der Waals surface area contributed by atoms with E-state index in [1.165, 1.54) is 18.3 Å². The number of benzene rings is 2. The number of hydrogen-bond donors (Lipinski definition) is 0. The van der Waals surface area contributed by atoms with Crippen LogP contribution in [0.5, 0.6) is 5.75 Å². The number of ether oxygens (including phenoxy) is 2. The average Bonchev–Trinajstić information content (AvgIpc) is 2.95. The Morgan fingerprint density at radius 2 is 1.79 bits per heavy atom. The van der Waals surface area contributed by atoms with Crippen LogP contribution in [-0.2, 0) is 11.3 Å². The first-order valence-corrected chi connectivity index (χ1v) is 7.00. The van der Waals surface area contributed by atoms with Crippen molar-refractivity contribution in [3.05, 3.63) is 66.4 Å². The number of aromatic nitrogens is 1. The fraction of sp³-hybridized carbons (Fsp3) is 0.118.